The number of rotatable bonds is 4. The summed E-state index contributed by atoms with van der Waals surface area (Å²) in [4.78, 5) is 29.1. The Labute approximate surface area is 142 Å². The number of hydrogen-bond donors (Lipinski definition) is 0. The second-order valence-electron chi connectivity index (χ2n) is 6.50. The fourth-order valence-corrected chi connectivity index (χ4v) is 3.55. The molecule has 0 spiro atoms. The van der Waals surface area contributed by atoms with Crippen LogP contribution in [0, 0.1) is 5.92 Å². The third-order valence-electron chi connectivity index (χ3n) is 4.81. The van der Waals surface area contributed by atoms with Gasteiger partial charge in [-0.05, 0) is 43.4 Å². The number of benzene rings is 1. The van der Waals surface area contributed by atoms with E-state index in [4.69, 9.17) is 4.74 Å². The van der Waals surface area contributed by atoms with E-state index in [0.717, 1.165) is 30.8 Å². The summed E-state index contributed by atoms with van der Waals surface area (Å²) in [6, 6.07) is 7.36. The third kappa shape index (κ3) is 2.79. The van der Waals surface area contributed by atoms with Crippen LogP contribution in [0.4, 0.5) is 0 Å². The Bertz CT molecular complexity index is 678. The van der Waals surface area contributed by atoms with Gasteiger partial charge in [-0.15, -0.1) is 0 Å². The van der Waals surface area contributed by atoms with E-state index < -0.39 is 0 Å². The van der Waals surface area contributed by atoms with Gasteiger partial charge in [0.15, 0.2) is 0 Å². The lowest BCUT2D eigenvalue weighted by atomic mass is 9.98. The summed E-state index contributed by atoms with van der Waals surface area (Å²) in [5, 5.41) is 0. The summed E-state index contributed by atoms with van der Waals surface area (Å²) in [6.07, 6.45) is 2.22. The highest BCUT2D eigenvalue weighted by atomic mass is 16.5. The minimum Gasteiger partial charge on any atom is -0.497 e. The standard InChI is InChI=1S/C19H24N2O3/c1-4-21-18(22)16(14-7-9-15(24-3)10-8-14)17(19(21)23)20-11-5-6-13(2)12-20/h7-10,13H,4-6,11-12H2,1-3H3. The van der Waals surface area contributed by atoms with E-state index in [2.05, 4.69) is 11.8 Å². The molecule has 1 aromatic carbocycles. The first-order valence-corrected chi connectivity index (χ1v) is 8.56. The largest absolute Gasteiger partial charge is 0.497 e. The molecule has 2 amide bonds. The Hall–Kier alpha value is -2.30. The molecular formula is C19H24N2O3. The molecule has 1 unspecified atom stereocenters. The minimum atomic E-state index is -0.194. The zero-order chi connectivity index (χ0) is 17.3. The number of ether oxygens (including phenoxy) is 1. The van der Waals surface area contributed by atoms with Crippen molar-refractivity contribution in [3.63, 3.8) is 0 Å². The molecule has 0 saturated carbocycles. The predicted octanol–water partition coefficient (Wildman–Crippen LogP) is 2.53. The quantitative estimate of drug-likeness (QED) is 0.797. The van der Waals surface area contributed by atoms with Crippen LogP contribution in [-0.4, -0.2) is 48.4 Å². The van der Waals surface area contributed by atoms with E-state index in [1.807, 2.05) is 31.2 Å². The molecular weight excluding hydrogens is 304 g/mol. The number of nitrogens with zero attached hydrogens (tertiary/aromatic N) is 2. The highest BCUT2D eigenvalue weighted by Gasteiger charge is 2.41. The number of carbonyl (C=O) groups is 2. The third-order valence-corrected chi connectivity index (χ3v) is 4.81. The van der Waals surface area contributed by atoms with Crippen LogP contribution in [-0.2, 0) is 9.59 Å². The molecule has 1 aromatic rings. The van der Waals surface area contributed by atoms with E-state index in [9.17, 15) is 9.59 Å². The number of methoxy groups -OCH3 is 1. The van der Waals surface area contributed by atoms with E-state index in [1.54, 1.807) is 7.11 Å². The average Bonchev–Trinajstić information content (AvgIpc) is 2.85. The molecule has 2 aliphatic rings. The van der Waals surface area contributed by atoms with E-state index >= 15 is 0 Å². The Balaban J connectivity index is 2.06. The molecule has 3 rings (SSSR count). The maximum Gasteiger partial charge on any atom is 0.277 e. The number of likely N-dealkylation sites (tertiary alicyclic amines) is 1. The van der Waals surface area contributed by atoms with Crippen LogP contribution in [0.15, 0.2) is 30.0 Å². The second kappa shape index (κ2) is 6.67. The molecule has 1 saturated heterocycles. The molecule has 1 fully saturated rings. The zero-order valence-corrected chi connectivity index (χ0v) is 14.5. The van der Waals surface area contributed by atoms with Crippen LogP contribution in [0.25, 0.3) is 5.57 Å². The van der Waals surface area contributed by atoms with Crippen molar-refractivity contribution in [2.24, 2.45) is 5.92 Å². The van der Waals surface area contributed by atoms with Gasteiger partial charge < -0.3 is 9.64 Å². The van der Waals surface area contributed by atoms with E-state index in [-0.39, 0.29) is 11.8 Å². The summed E-state index contributed by atoms with van der Waals surface area (Å²) in [5.74, 6) is 0.905. The van der Waals surface area contributed by atoms with Gasteiger partial charge in [-0.3, -0.25) is 14.5 Å². The SMILES string of the molecule is CCN1C(=O)C(c2ccc(OC)cc2)=C(N2CCCC(C)C2)C1=O. The number of amides is 2. The fourth-order valence-electron chi connectivity index (χ4n) is 3.55. The van der Waals surface area contributed by atoms with Crippen LogP contribution < -0.4 is 4.74 Å². The number of imide groups is 1. The average molecular weight is 328 g/mol. The topological polar surface area (TPSA) is 49.9 Å². The molecule has 1 atom stereocenters. The maximum atomic E-state index is 12.8. The Morgan fingerprint density at radius 2 is 1.88 bits per heavy atom. The molecule has 0 aromatic heterocycles. The first kappa shape index (κ1) is 16.6. The van der Waals surface area contributed by atoms with Crippen molar-refractivity contribution in [2.75, 3.05) is 26.7 Å². The summed E-state index contributed by atoms with van der Waals surface area (Å²) in [7, 11) is 1.61. The molecule has 0 bridgehead atoms. The molecule has 128 valence electrons. The summed E-state index contributed by atoms with van der Waals surface area (Å²) in [6.45, 7) is 6.08. The predicted molar refractivity (Wildman–Crippen MR) is 92.3 cm³/mol. The number of hydrogen-bond acceptors (Lipinski definition) is 4. The van der Waals surface area contributed by atoms with E-state index in [0.29, 0.717) is 23.7 Å². The molecule has 5 heteroatoms. The Kier molecular flexibility index (Phi) is 4.60. The fraction of sp³-hybridized carbons (Fsp3) is 0.474. The second-order valence-corrected chi connectivity index (χ2v) is 6.50. The van der Waals surface area contributed by atoms with Gasteiger partial charge in [0.2, 0.25) is 0 Å². The molecule has 0 N–H and O–H groups in total. The van der Waals surface area contributed by atoms with Crippen LogP contribution in [0.5, 0.6) is 5.75 Å². The molecule has 2 heterocycles. The highest BCUT2D eigenvalue weighted by Crippen LogP contribution is 2.34. The highest BCUT2D eigenvalue weighted by molar-refractivity contribution is 6.35. The summed E-state index contributed by atoms with van der Waals surface area (Å²) in [5.41, 5.74) is 1.87. The monoisotopic (exact) mass is 328 g/mol. The van der Waals surface area contributed by atoms with Crippen molar-refractivity contribution in [1.29, 1.82) is 0 Å². The summed E-state index contributed by atoms with van der Waals surface area (Å²) >= 11 is 0. The lowest BCUT2D eigenvalue weighted by Gasteiger charge is -2.33. The maximum absolute atomic E-state index is 12.8. The zero-order valence-electron chi connectivity index (χ0n) is 14.5. The molecule has 0 aliphatic carbocycles. The Morgan fingerprint density at radius 1 is 1.17 bits per heavy atom. The van der Waals surface area contributed by atoms with Crippen molar-refractivity contribution >= 4 is 17.4 Å². The van der Waals surface area contributed by atoms with Crippen LogP contribution in [0.2, 0.25) is 0 Å². The van der Waals surface area contributed by atoms with Gasteiger partial charge in [0.1, 0.15) is 11.4 Å². The first-order valence-electron chi connectivity index (χ1n) is 8.56. The molecule has 0 radical (unpaired) electrons. The van der Waals surface area contributed by atoms with Gasteiger partial charge in [0, 0.05) is 19.6 Å². The van der Waals surface area contributed by atoms with Gasteiger partial charge in [0.05, 0.1) is 12.7 Å². The van der Waals surface area contributed by atoms with Crippen LogP contribution in [0.1, 0.15) is 32.3 Å². The van der Waals surface area contributed by atoms with Crippen molar-refractivity contribution < 1.29 is 14.3 Å². The van der Waals surface area contributed by atoms with Crippen molar-refractivity contribution in [3.8, 4) is 5.75 Å². The molecule has 2 aliphatic heterocycles. The lowest BCUT2D eigenvalue weighted by Crippen LogP contribution is -2.39. The number of carbonyl (C=O) groups excluding carboxylic acids is 2. The van der Waals surface area contributed by atoms with E-state index in [1.165, 1.54) is 11.3 Å². The van der Waals surface area contributed by atoms with Gasteiger partial charge >= 0.3 is 0 Å². The van der Waals surface area contributed by atoms with Gasteiger partial charge in [-0.2, -0.15) is 0 Å². The normalized spacial score (nSPS) is 21.7. The summed E-state index contributed by atoms with van der Waals surface area (Å²) < 4.78 is 5.19. The van der Waals surface area contributed by atoms with Gasteiger partial charge in [-0.1, -0.05) is 19.1 Å². The molecule has 5 nitrogen and oxygen atoms in total. The van der Waals surface area contributed by atoms with Crippen molar-refractivity contribution in [1.82, 2.24) is 9.80 Å². The van der Waals surface area contributed by atoms with Crippen molar-refractivity contribution in [2.45, 2.75) is 26.7 Å². The number of piperidine rings is 1. The van der Waals surface area contributed by atoms with Gasteiger partial charge in [0.25, 0.3) is 11.8 Å². The minimum absolute atomic E-state index is 0.164. The van der Waals surface area contributed by atoms with Gasteiger partial charge in [-0.25, -0.2) is 0 Å². The van der Waals surface area contributed by atoms with Crippen LogP contribution in [0.3, 0.4) is 0 Å². The first-order chi connectivity index (χ1) is 11.6. The van der Waals surface area contributed by atoms with Crippen LogP contribution >= 0.6 is 0 Å². The lowest BCUT2D eigenvalue weighted by molar-refractivity contribution is -0.137. The van der Waals surface area contributed by atoms with Crippen molar-refractivity contribution in [3.05, 3.63) is 35.5 Å². The number of likely N-dealkylation sites (N-methyl/N-ethyl adjacent to an activating group) is 1. The smallest absolute Gasteiger partial charge is 0.277 e. The molecule has 24 heavy (non-hydrogen) atoms. The Morgan fingerprint density at radius 3 is 2.46 bits per heavy atom.